The Kier molecular flexibility index (Phi) is 6.94. The van der Waals surface area contributed by atoms with Gasteiger partial charge in [0.15, 0.2) is 0 Å². The summed E-state index contributed by atoms with van der Waals surface area (Å²) in [7, 11) is 0. The normalized spacial score (nSPS) is 9.67. The Morgan fingerprint density at radius 2 is 2.00 bits per heavy atom. The van der Waals surface area contributed by atoms with Gasteiger partial charge in [0.1, 0.15) is 6.61 Å². The highest BCUT2D eigenvalue weighted by atomic mass is 16.5. The van der Waals surface area contributed by atoms with Crippen LogP contribution in [0.1, 0.15) is 12.8 Å². The molecule has 0 radical (unpaired) electrons. The van der Waals surface area contributed by atoms with Crippen LogP contribution in [0.3, 0.4) is 0 Å². The zero-order valence-corrected chi connectivity index (χ0v) is 7.16. The van der Waals surface area contributed by atoms with Crippen LogP contribution in [0.15, 0.2) is 37.5 Å². The second-order valence-corrected chi connectivity index (χ2v) is 2.17. The molecule has 0 rings (SSSR count). The molecule has 0 atom stereocenters. The molecule has 0 saturated heterocycles. The molecule has 0 aromatic rings. The maximum Gasteiger partial charge on any atom is 0.309 e. The zero-order valence-electron chi connectivity index (χ0n) is 7.16. The number of allylic oxidation sites excluding steroid dienone is 2. The van der Waals surface area contributed by atoms with E-state index in [1.807, 2.05) is 6.08 Å². The molecular weight excluding hydrogens is 152 g/mol. The zero-order chi connectivity index (χ0) is 9.23. The Bertz CT molecular complexity index is 180. The minimum atomic E-state index is -0.242. The van der Waals surface area contributed by atoms with Gasteiger partial charge in [-0.2, -0.15) is 0 Å². The molecule has 0 aliphatic rings. The highest BCUT2D eigenvalue weighted by molar-refractivity contribution is 5.71. The van der Waals surface area contributed by atoms with Gasteiger partial charge in [0, 0.05) is 0 Å². The minimum Gasteiger partial charge on any atom is -0.461 e. The van der Waals surface area contributed by atoms with Crippen molar-refractivity contribution >= 4 is 5.97 Å². The monoisotopic (exact) mass is 166 g/mol. The molecule has 0 heterocycles. The predicted octanol–water partition coefficient (Wildman–Crippen LogP) is 2.24. The van der Waals surface area contributed by atoms with Gasteiger partial charge in [0.25, 0.3) is 0 Å². The first-order chi connectivity index (χ1) is 5.81. The van der Waals surface area contributed by atoms with E-state index < -0.39 is 0 Å². The van der Waals surface area contributed by atoms with E-state index in [0.29, 0.717) is 6.61 Å². The van der Waals surface area contributed by atoms with Crippen LogP contribution < -0.4 is 0 Å². The topological polar surface area (TPSA) is 26.3 Å². The van der Waals surface area contributed by atoms with Crippen LogP contribution in [0.4, 0.5) is 0 Å². The lowest BCUT2D eigenvalue weighted by molar-refractivity contribution is -0.141. The molecule has 12 heavy (non-hydrogen) atoms. The van der Waals surface area contributed by atoms with E-state index in [0.717, 1.165) is 6.42 Å². The number of carbonyl (C=O) groups is 1. The summed E-state index contributed by atoms with van der Waals surface area (Å²) in [4.78, 5) is 10.7. The van der Waals surface area contributed by atoms with Crippen LogP contribution in [0.25, 0.3) is 0 Å². The van der Waals surface area contributed by atoms with Gasteiger partial charge in [-0.3, -0.25) is 4.79 Å². The maximum absolute atomic E-state index is 10.7. The summed E-state index contributed by atoms with van der Waals surface area (Å²) < 4.78 is 4.80. The molecular formula is C10H14O2. The molecule has 2 nitrogen and oxygen atoms in total. The standard InChI is InChI=1S/C10H14O2/c1-3-5-6-7-9-12-10(11)8-4-2/h3-4,6-7H,1-2,5,8-9H2/b7-6+. The van der Waals surface area contributed by atoms with Gasteiger partial charge >= 0.3 is 5.97 Å². The molecule has 0 N–H and O–H groups in total. The average Bonchev–Trinajstić information content (AvgIpc) is 2.05. The molecule has 0 aliphatic heterocycles. The highest BCUT2D eigenvalue weighted by Gasteiger charge is 1.94. The van der Waals surface area contributed by atoms with E-state index in [2.05, 4.69) is 13.2 Å². The lowest BCUT2D eigenvalue weighted by Gasteiger charge is -1.96. The molecule has 0 saturated carbocycles. The van der Waals surface area contributed by atoms with Gasteiger partial charge in [-0.25, -0.2) is 0 Å². The molecule has 2 heteroatoms. The van der Waals surface area contributed by atoms with E-state index in [1.165, 1.54) is 6.08 Å². The van der Waals surface area contributed by atoms with Crippen molar-refractivity contribution in [3.63, 3.8) is 0 Å². The summed E-state index contributed by atoms with van der Waals surface area (Å²) in [6.07, 6.45) is 8.07. The lowest BCUT2D eigenvalue weighted by Crippen LogP contribution is -2.01. The first-order valence-electron chi connectivity index (χ1n) is 3.83. The van der Waals surface area contributed by atoms with Crippen LogP contribution in [-0.2, 0) is 9.53 Å². The Morgan fingerprint density at radius 3 is 2.58 bits per heavy atom. The van der Waals surface area contributed by atoms with Crippen LogP contribution in [0.2, 0.25) is 0 Å². The first-order valence-corrected chi connectivity index (χ1v) is 3.83. The smallest absolute Gasteiger partial charge is 0.309 e. The number of hydrogen-bond acceptors (Lipinski definition) is 2. The summed E-state index contributed by atoms with van der Waals surface area (Å²) in [6.45, 7) is 7.31. The SMILES string of the molecule is C=CC/C=C/COC(=O)CC=C. The second kappa shape index (κ2) is 7.79. The Morgan fingerprint density at radius 1 is 1.25 bits per heavy atom. The van der Waals surface area contributed by atoms with Crippen molar-refractivity contribution in [3.8, 4) is 0 Å². The van der Waals surface area contributed by atoms with Crippen molar-refractivity contribution in [3.05, 3.63) is 37.5 Å². The van der Waals surface area contributed by atoms with Gasteiger partial charge in [-0.1, -0.05) is 24.3 Å². The van der Waals surface area contributed by atoms with Gasteiger partial charge in [0.2, 0.25) is 0 Å². The fraction of sp³-hybridized carbons (Fsp3) is 0.300. The van der Waals surface area contributed by atoms with Crippen LogP contribution in [-0.4, -0.2) is 12.6 Å². The van der Waals surface area contributed by atoms with Gasteiger partial charge < -0.3 is 4.74 Å². The fourth-order valence-electron chi connectivity index (χ4n) is 0.578. The highest BCUT2D eigenvalue weighted by Crippen LogP contribution is 1.88. The Labute approximate surface area is 73.2 Å². The van der Waals surface area contributed by atoms with Gasteiger partial charge in [-0.05, 0) is 6.42 Å². The van der Waals surface area contributed by atoms with Crippen molar-refractivity contribution in [1.82, 2.24) is 0 Å². The third-order valence-electron chi connectivity index (χ3n) is 1.12. The average molecular weight is 166 g/mol. The molecule has 0 spiro atoms. The maximum atomic E-state index is 10.7. The molecule has 0 amide bonds. The van der Waals surface area contributed by atoms with Gasteiger partial charge in [-0.15, -0.1) is 13.2 Å². The summed E-state index contributed by atoms with van der Waals surface area (Å²) in [5.41, 5.74) is 0. The number of ether oxygens (including phenoxy) is 1. The largest absolute Gasteiger partial charge is 0.461 e. The van der Waals surface area contributed by atoms with E-state index >= 15 is 0 Å². The molecule has 0 aliphatic carbocycles. The van der Waals surface area contributed by atoms with E-state index in [1.54, 1.807) is 12.2 Å². The third-order valence-corrected chi connectivity index (χ3v) is 1.12. The minimum absolute atomic E-state index is 0.242. The quantitative estimate of drug-likeness (QED) is 0.447. The number of rotatable bonds is 6. The summed E-state index contributed by atoms with van der Waals surface area (Å²) in [5.74, 6) is -0.242. The molecule has 0 unspecified atom stereocenters. The number of carbonyl (C=O) groups excluding carboxylic acids is 1. The summed E-state index contributed by atoms with van der Waals surface area (Å²) >= 11 is 0. The van der Waals surface area contributed by atoms with Crippen molar-refractivity contribution in [2.45, 2.75) is 12.8 Å². The number of esters is 1. The van der Waals surface area contributed by atoms with E-state index in [-0.39, 0.29) is 12.4 Å². The molecule has 0 bridgehead atoms. The molecule has 66 valence electrons. The van der Waals surface area contributed by atoms with Crippen molar-refractivity contribution < 1.29 is 9.53 Å². The van der Waals surface area contributed by atoms with Crippen molar-refractivity contribution in [1.29, 1.82) is 0 Å². The third kappa shape index (κ3) is 6.81. The van der Waals surface area contributed by atoms with Crippen molar-refractivity contribution in [2.75, 3.05) is 6.61 Å². The van der Waals surface area contributed by atoms with Crippen LogP contribution >= 0.6 is 0 Å². The fourth-order valence-corrected chi connectivity index (χ4v) is 0.578. The Balaban J connectivity index is 3.35. The molecule has 0 aromatic heterocycles. The number of hydrogen-bond donors (Lipinski definition) is 0. The summed E-state index contributed by atoms with van der Waals surface area (Å²) in [6, 6.07) is 0. The van der Waals surface area contributed by atoms with Crippen LogP contribution in [0.5, 0.6) is 0 Å². The second-order valence-electron chi connectivity index (χ2n) is 2.17. The molecule has 0 fully saturated rings. The van der Waals surface area contributed by atoms with E-state index in [9.17, 15) is 4.79 Å². The van der Waals surface area contributed by atoms with Crippen LogP contribution in [0, 0.1) is 0 Å². The van der Waals surface area contributed by atoms with Crippen molar-refractivity contribution in [2.24, 2.45) is 0 Å². The van der Waals surface area contributed by atoms with E-state index in [4.69, 9.17) is 4.74 Å². The van der Waals surface area contributed by atoms with Gasteiger partial charge in [0.05, 0.1) is 6.42 Å². The summed E-state index contributed by atoms with van der Waals surface area (Å²) in [5, 5.41) is 0. The first kappa shape index (κ1) is 10.7. The predicted molar refractivity (Wildman–Crippen MR) is 49.7 cm³/mol. The Hall–Kier alpha value is -1.31. The molecule has 0 aromatic carbocycles. The lowest BCUT2D eigenvalue weighted by atomic mass is 10.4.